The molecule has 19 heavy (non-hydrogen) atoms. The third-order valence-corrected chi connectivity index (χ3v) is 3.29. The molecule has 1 aliphatic carbocycles. The van der Waals surface area contributed by atoms with Crippen molar-refractivity contribution in [2.45, 2.75) is 32.2 Å². The lowest BCUT2D eigenvalue weighted by Crippen LogP contribution is -2.21. The zero-order valence-electron chi connectivity index (χ0n) is 11.9. The van der Waals surface area contributed by atoms with Crippen LogP contribution in [0.1, 0.15) is 25.3 Å². The number of rotatable bonds is 8. The van der Waals surface area contributed by atoms with E-state index in [4.69, 9.17) is 9.47 Å². The van der Waals surface area contributed by atoms with Gasteiger partial charge >= 0.3 is 0 Å². The number of aryl methyl sites for hydroxylation is 1. The number of ether oxygens (including phenoxy) is 2. The number of hydrogen-bond acceptors (Lipinski definition) is 3. The van der Waals surface area contributed by atoms with Gasteiger partial charge in [0.1, 0.15) is 6.61 Å². The van der Waals surface area contributed by atoms with Gasteiger partial charge in [0, 0.05) is 12.6 Å². The summed E-state index contributed by atoms with van der Waals surface area (Å²) in [6.07, 6.45) is 3.58. The second-order valence-electron chi connectivity index (χ2n) is 5.03. The van der Waals surface area contributed by atoms with Crippen molar-refractivity contribution < 1.29 is 9.47 Å². The van der Waals surface area contributed by atoms with Gasteiger partial charge in [-0.2, -0.15) is 0 Å². The third kappa shape index (κ3) is 4.28. The maximum atomic E-state index is 5.78. The molecule has 3 heteroatoms. The lowest BCUT2D eigenvalue weighted by Gasteiger charge is -2.13. The van der Waals surface area contributed by atoms with Crippen LogP contribution in [-0.4, -0.2) is 26.3 Å². The van der Waals surface area contributed by atoms with Gasteiger partial charge in [-0.05, 0) is 42.5 Å². The molecule has 1 fully saturated rings. The van der Waals surface area contributed by atoms with Gasteiger partial charge in [0.25, 0.3) is 0 Å². The van der Waals surface area contributed by atoms with Crippen LogP contribution in [0.5, 0.6) is 11.5 Å². The highest BCUT2D eigenvalue weighted by Gasteiger charge is 2.20. The van der Waals surface area contributed by atoms with Crippen molar-refractivity contribution in [1.29, 1.82) is 0 Å². The molecule has 0 unspecified atom stereocenters. The number of benzene rings is 1. The molecule has 0 amide bonds. The van der Waals surface area contributed by atoms with Crippen LogP contribution < -0.4 is 14.8 Å². The molecule has 1 aliphatic rings. The summed E-state index contributed by atoms with van der Waals surface area (Å²) in [5.41, 5.74) is 2.31. The van der Waals surface area contributed by atoms with Crippen LogP contribution in [0.15, 0.2) is 30.4 Å². The summed E-state index contributed by atoms with van der Waals surface area (Å²) in [4.78, 5) is 0. The molecule has 2 rings (SSSR count). The molecule has 0 atom stereocenters. The van der Waals surface area contributed by atoms with Crippen LogP contribution in [0, 0.1) is 0 Å². The fourth-order valence-corrected chi connectivity index (χ4v) is 1.86. The smallest absolute Gasteiger partial charge is 0.161 e. The van der Waals surface area contributed by atoms with E-state index in [2.05, 4.69) is 24.9 Å². The van der Waals surface area contributed by atoms with Gasteiger partial charge in [-0.3, -0.25) is 0 Å². The Hall–Kier alpha value is -1.48. The molecule has 0 bridgehead atoms. The molecule has 1 aromatic rings. The van der Waals surface area contributed by atoms with E-state index in [1.165, 1.54) is 18.4 Å². The van der Waals surface area contributed by atoms with Crippen molar-refractivity contribution in [3.05, 3.63) is 35.9 Å². The van der Waals surface area contributed by atoms with Crippen LogP contribution in [-0.2, 0) is 6.42 Å². The molecule has 0 radical (unpaired) electrons. The highest BCUT2D eigenvalue weighted by Crippen LogP contribution is 2.28. The summed E-state index contributed by atoms with van der Waals surface area (Å²) in [7, 11) is 1.67. The molecule has 1 N–H and O–H groups in total. The predicted octanol–water partition coefficient (Wildman–Crippen LogP) is 2.94. The van der Waals surface area contributed by atoms with Gasteiger partial charge in [-0.25, -0.2) is 0 Å². The quantitative estimate of drug-likeness (QED) is 0.730. The highest BCUT2D eigenvalue weighted by atomic mass is 16.5. The van der Waals surface area contributed by atoms with Crippen molar-refractivity contribution in [2.24, 2.45) is 0 Å². The standard InChI is InChI=1S/C16H23NO2/c1-4-13-5-8-15(16(9-13)18-3)19-11-12(2)10-17-14-6-7-14/h5,8-9,14,17H,2,4,6-7,10-11H2,1,3H3. The van der Waals surface area contributed by atoms with E-state index in [-0.39, 0.29) is 0 Å². The Labute approximate surface area is 115 Å². The zero-order chi connectivity index (χ0) is 13.7. The molecule has 0 spiro atoms. The molecule has 0 heterocycles. The van der Waals surface area contributed by atoms with Crippen LogP contribution in [0.25, 0.3) is 0 Å². The summed E-state index contributed by atoms with van der Waals surface area (Å²) in [6, 6.07) is 6.78. The van der Waals surface area contributed by atoms with Gasteiger partial charge in [0.05, 0.1) is 7.11 Å². The maximum absolute atomic E-state index is 5.78. The molecule has 0 aromatic heterocycles. The van der Waals surface area contributed by atoms with Gasteiger partial charge in [-0.1, -0.05) is 19.6 Å². The molecule has 1 saturated carbocycles. The van der Waals surface area contributed by atoms with Crippen LogP contribution >= 0.6 is 0 Å². The van der Waals surface area contributed by atoms with Gasteiger partial charge in [0.2, 0.25) is 0 Å². The fraction of sp³-hybridized carbons (Fsp3) is 0.500. The summed E-state index contributed by atoms with van der Waals surface area (Å²) in [5.74, 6) is 1.58. The Kier molecular flexibility index (Phi) is 4.86. The average Bonchev–Trinajstić information content (AvgIpc) is 3.26. The molecule has 3 nitrogen and oxygen atoms in total. The Balaban J connectivity index is 1.85. The largest absolute Gasteiger partial charge is 0.493 e. The maximum Gasteiger partial charge on any atom is 0.161 e. The second kappa shape index (κ2) is 6.62. The summed E-state index contributed by atoms with van der Waals surface area (Å²) < 4.78 is 11.1. The minimum Gasteiger partial charge on any atom is -0.493 e. The summed E-state index contributed by atoms with van der Waals surface area (Å²) in [6.45, 7) is 7.52. The van der Waals surface area contributed by atoms with E-state index < -0.39 is 0 Å². The first-order chi connectivity index (χ1) is 9.22. The first kappa shape index (κ1) is 13.9. The molecular weight excluding hydrogens is 238 g/mol. The zero-order valence-corrected chi connectivity index (χ0v) is 11.9. The van der Waals surface area contributed by atoms with Crippen LogP contribution in [0.4, 0.5) is 0 Å². The first-order valence-electron chi connectivity index (χ1n) is 6.92. The van der Waals surface area contributed by atoms with E-state index >= 15 is 0 Å². The molecule has 0 aliphatic heterocycles. The second-order valence-corrected chi connectivity index (χ2v) is 5.03. The van der Waals surface area contributed by atoms with Crippen molar-refractivity contribution in [3.8, 4) is 11.5 Å². The average molecular weight is 261 g/mol. The van der Waals surface area contributed by atoms with Crippen LogP contribution in [0.3, 0.4) is 0 Å². The van der Waals surface area contributed by atoms with E-state index in [0.29, 0.717) is 12.6 Å². The van der Waals surface area contributed by atoms with Gasteiger partial charge < -0.3 is 14.8 Å². The summed E-state index contributed by atoms with van der Waals surface area (Å²) in [5, 5.41) is 3.43. The lowest BCUT2D eigenvalue weighted by molar-refractivity contribution is 0.317. The minimum absolute atomic E-state index is 0.529. The molecular formula is C16H23NO2. The normalized spacial score (nSPS) is 14.2. The van der Waals surface area contributed by atoms with Crippen molar-refractivity contribution >= 4 is 0 Å². The Bertz CT molecular complexity index is 438. The monoisotopic (exact) mass is 261 g/mol. The highest BCUT2D eigenvalue weighted by molar-refractivity contribution is 5.43. The third-order valence-electron chi connectivity index (χ3n) is 3.29. The van der Waals surface area contributed by atoms with E-state index in [0.717, 1.165) is 30.0 Å². The summed E-state index contributed by atoms with van der Waals surface area (Å²) >= 11 is 0. The Morgan fingerprint density at radius 3 is 2.79 bits per heavy atom. The van der Waals surface area contributed by atoms with E-state index in [9.17, 15) is 0 Å². The molecule has 0 saturated heterocycles. The fourth-order valence-electron chi connectivity index (χ4n) is 1.86. The number of hydrogen-bond donors (Lipinski definition) is 1. The van der Waals surface area contributed by atoms with Gasteiger partial charge in [-0.15, -0.1) is 0 Å². The van der Waals surface area contributed by atoms with Crippen molar-refractivity contribution in [1.82, 2.24) is 5.32 Å². The molecule has 1 aromatic carbocycles. The Morgan fingerprint density at radius 2 is 2.16 bits per heavy atom. The van der Waals surface area contributed by atoms with E-state index in [1.54, 1.807) is 7.11 Å². The van der Waals surface area contributed by atoms with Crippen molar-refractivity contribution in [2.75, 3.05) is 20.3 Å². The lowest BCUT2D eigenvalue weighted by atomic mass is 10.1. The Morgan fingerprint density at radius 1 is 1.37 bits per heavy atom. The van der Waals surface area contributed by atoms with Crippen LogP contribution in [0.2, 0.25) is 0 Å². The predicted molar refractivity (Wildman–Crippen MR) is 78.0 cm³/mol. The van der Waals surface area contributed by atoms with E-state index in [1.807, 2.05) is 12.1 Å². The molecule has 104 valence electrons. The minimum atomic E-state index is 0.529. The number of nitrogens with one attached hydrogen (secondary N) is 1. The number of methoxy groups -OCH3 is 1. The topological polar surface area (TPSA) is 30.5 Å². The first-order valence-corrected chi connectivity index (χ1v) is 6.92. The van der Waals surface area contributed by atoms with Gasteiger partial charge in [0.15, 0.2) is 11.5 Å². The van der Waals surface area contributed by atoms with Crippen molar-refractivity contribution in [3.63, 3.8) is 0 Å². The SMILES string of the molecule is C=C(CNC1CC1)COc1ccc(CC)cc1OC.